The first-order valence-corrected chi connectivity index (χ1v) is 4.66. The van der Waals surface area contributed by atoms with Crippen molar-refractivity contribution in [3.63, 3.8) is 0 Å². The third-order valence-electron chi connectivity index (χ3n) is 1.08. The molecule has 0 spiro atoms. The number of pyridine rings is 1. The minimum atomic E-state index is -4.39. The summed E-state index contributed by atoms with van der Waals surface area (Å²) in [5.41, 5.74) is -0.886. The highest BCUT2D eigenvalue weighted by molar-refractivity contribution is 14.1. The fourth-order valence-corrected chi connectivity index (χ4v) is 2.08. The third-order valence-corrected chi connectivity index (χ3v) is 2.27. The summed E-state index contributed by atoms with van der Waals surface area (Å²) in [6, 6.07) is 1.37. The van der Waals surface area contributed by atoms with Crippen molar-refractivity contribution >= 4 is 38.5 Å². The van der Waals surface area contributed by atoms with Gasteiger partial charge in [-0.2, -0.15) is 13.2 Å². The molecule has 0 radical (unpaired) electrons. The maximum atomic E-state index is 12.1. The molecule has 0 bridgehead atoms. The molecule has 1 rings (SSSR count). The Kier molecular flexibility index (Phi) is 2.97. The summed E-state index contributed by atoms with van der Waals surface area (Å²) in [5.74, 6) is 0. The van der Waals surface area contributed by atoms with Gasteiger partial charge in [0.05, 0.1) is 0 Å². The molecule has 0 N–H and O–H groups in total. The van der Waals surface area contributed by atoms with Crippen LogP contribution >= 0.6 is 38.5 Å². The third kappa shape index (κ3) is 2.32. The Hall–Kier alpha value is 0.150. The Morgan fingerprint density at radius 3 is 2.42 bits per heavy atom. The Labute approximate surface area is 88.6 Å². The second-order valence-electron chi connectivity index (χ2n) is 1.98. The lowest BCUT2D eigenvalue weighted by Crippen LogP contribution is -2.08. The normalized spacial score (nSPS) is 11.8. The van der Waals surface area contributed by atoms with Crippen LogP contribution in [-0.2, 0) is 6.18 Å². The van der Waals surface area contributed by atoms with Crippen LogP contribution in [-0.4, -0.2) is 4.98 Å². The molecular weight excluding hydrogens is 350 g/mol. The molecule has 0 aliphatic heterocycles. The molecule has 0 aliphatic carbocycles. The molecule has 0 amide bonds. The van der Waals surface area contributed by atoms with Crippen molar-refractivity contribution in [2.45, 2.75) is 6.18 Å². The first kappa shape index (κ1) is 10.2. The smallest absolute Gasteiger partial charge is 0.250 e. The average molecular weight is 352 g/mol. The summed E-state index contributed by atoms with van der Waals surface area (Å²) in [7, 11) is 0. The van der Waals surface area contributed by atoms with Gasteiger partial charge < -0.3 is 0 Å². The van der Waals surface area contributed by atoms with E-state index in [2.05, 4.69) is 20.9 Å². The van der Waals surface area contributed by atoms with Crippen molar-refractivity contribution in [2.24, 2.45) is 0 Å². The van der Waals surface area contributed by atoms with Crippen molar-refractivity contribution in [2.75, 3.05) is 0 Å². The fourth-order valence-electron chi connectivity index (χ4n) is 0.623. The van der Waals surface area contributed by atoms with E-state index in [1.54, 1.807) is 0 Å². The predicted molar refractivity (Wildman–Crippen MR) is 49.7 cm³/mol. The number of alkyl halides is 3. The van der Waals surface area contributed by atoms with Gasteiger partial charge >= 0.3 is 6.18 Å². The second-order valence-corrected chi connectivity index (χ2v) is 4.08. The molecule has 0 saturated carbocycles. The zero-order valence-corrected chi connectivity index (χ0v) is 9.24. The van der Waals surface area contributed by atoms with Crippen LogP contribution in [0.5, 0.6) is 0 Å². The summed E-state index contributed by atoms with van der Waals surface area (Å²) in [4.78, 5) is 3.27. The largest absolute Gasteiger partial charge is 0.434 e. The van der Waals surface area contributed by atoms with Crippen molar-refractivity contribution in [3.8, 4) is 0 Å². The molecule has 0 saturated heterocycles. The summed E-state index contributed by atoms with van der Waals surface area (Å²) in [5, 5.41) is 0. The van der Waals surface area contributed by atoms with E-state index < -0.39 is 11.9 Å². The molecule has 66 valence electrons. The summed E-state index contributed by atoms with van der Waals surface area (Å²) in [6.07, 6.45) is -3.21. The SMILES string of the molecule is FC(F)(F)c1ncc(I)cc1Br. The van der Waals surface area contributed by atoms with Gasteiger partial charge in [0.15, 0.2) is 5.69 Å². The van der Waals surface area contributed by atoms with Crippen LogP contribution in [0.3, 0.4) is 0 Å². The van der Waals surface area contributed by atoms with Gasteiger partial charge in [0.2, 0.25) is 0 Å². The van der Waals surface area contributed by atoms with Gasteiger partial charge in [0, 0.05) is 14.2 Å². The highest BCUT2D eigenvalue weighted by atomic mass is 127. The van der Waals surface area contributed by atoms with E-state index in [9.17, 15) is 13.2 Å². The highest BCUT2D eigenvalue weighted by Gasteiger charge is 2.34. The van der Waals surface area contributed by atoms with Crippen LogP contribution in [0.4, 0.5) is 13.2 Å². The van der Waals surface area contributed by atoms with E-state index in [1.165, 1.54) is 12.3 Å². The fraction of sp³-hybridized carbons (Fsp3) is 0.167. The average Bonchev–Trinajstić information content (AvgIpc) is 1.83. The van der Waals surface area contributed by atoms with Crippen LogP contribution in [0.2, 0.25) is 0 Å². The zero-order valence-electron chi connectivity index (χ0n) is 5.49. The molecule has 1 heterocycles. The van der Waals surface area contributed by atoms with Crippen molar-refractivity contribution in [3.05, 3.63) is 26.0 Å². The Morgan fingerprint density at radius 1 is 1.42 bits per heavy atom. The summed E-state index contributed by atoms with van der Waals surface area (Å²) >= 11 is 4.69. The zero-order chi connectivity index (χ0) is 9.35. The first-order chi connectivity index (χ1) is 5.41. The maximum absolute atomic E-state index is 12.1. The van der Waals surface area contributed by atoms with Gasteiger partial charge in [0.25, 0.3) is 0 Å². The molecule has 6 heteroatoms. The number of aromatic nitrogens is 1. The molecular formula is C6H2BrF3IN. The number of nitrogens with zero attached hydrogens (tertiary/aromatic N) is 1. The maximum Gasteiger partial charge on any atom is 0.434 e. The van der Waals surface area contributed by atoms with Crippen LogP contribution in [0, 0.1) is 3.57 Å². The van der Waals surface area contributed by atoms with E-state index in [1.807, 2.05) is 22.6 Å². The van der Waals surface area contributed by atoms with Crippen LogP contribution in [0.1, 0.15) is 5.69 Å². The van der Waals surface area contributed by atoms with Gasteiger partial charge in [-0.1, -0.05) is 0 Å². The highest BCUT2D eigenvalue weighted by Crippen LogP contribution is 2.33. The topological polar surface area (TPSA) is 12.9 Å². The standard InChI is InChI=1S/C6H2BrF3IN/c7-4-1-3(11)2-12-5(4)6(8,9)10/h1-2H. The molecule has 0 atom stereocenters. The van der Waals surface area contributed by atoms with Crippen molar-refractivity contribution in [1.82, 2.24) is 4.98 Å². The minimum absolute atomic E-state index is 0.0260. The van der Waals surface area contributed by atoms with E-state index in [-0.39, 0.29) is 4.47 Å². The molecule has 0 aliphatic rings. The molecule has 0 aromatic carbocycles. The van der Waals surface area contributed by atoms with Crippen molar-refractivity contribution < 1.29 is 13.2 Å². The second kappa shape index (κ2) is 3.49. The van der Waals surface area contributed by atoms with Gasteiger partial charge in [0.1, 0.15) is 0 Å². The molecule has 0 fully saturated rings. The number of halogens is 5. The summed E-state index contributed by atoms with van der Waals surface area (Å²) in [6.45, 7) is 0. The lowest BCUT2D eigenvalue weighted by atomic mass is 10.3. The van der Waals surface area contributed by atoms with Crippen LogP contribution in [0.25, 0.3) is 0 Å². The van der Waals surface area contributed by atoms with Crippen LogP contribution in [0.15, 0.2) is 16.7 Å². The van der Waals surface area contributed by atoms with Gasteiger partial charge in [-0.15, -0.1) is 0 Å². The number of rotatable bonds is 0. The van der Waals surface area contributed by atoms with Gasteiger partial charge in [-0.25, -0.2) is 4.98 Å². The van der Waals surface area contributed by atoms with E-state index in [0.717, 1.165) is 0 Å². The summed E-state index contributed by atoms with van der Waals surface area (Å²) < 4.78 is 36.9. The van der Waals surface area contributed by atoms with Gasteiger partial charge in [-0.3, -0.25) is 0 Å². The van der Waals surface area contributed by atoms with Gasteiger partial charge in [-0.05, 0) is 44.6 Å². The number of hydrogen-bond donors (Lipinski definition) is 0. The minimum Gasteiger partial charge on any atom is -0.250 e. The lowest BCUT2D eigenvalue weighted by Gasteiger charge is -2.06. The molecule has 1 aromatic rings. The van der Waals surface area contributed by atoms with E-state index in [4.69, 9.17) is 0 Å². The quantitative estimate of drug-likeness (QED) is 0.652. The Morgan fingerprint density at radius 2 is 2.00 bits per heavy atom. The Balaban J connectivity index is 3.19. The van der Waals surface area contributed by atoms with Crippen molar-refractivity contribution in [1.29, 1.82) is 0 Å². The lowest BCUT2D eigenvalue weighted by molar-refractivity contribution is -0.141. The molecule has 1 aromatic heterocycles. The first-order valence-electron chi connectivity index (χ1n) is 2.79. The molecule has 12 heavy (non-hydrogen) atoms. The molecule has 1 nitrogen and oxygen atoms in total. The number of hydrogen-bond acceptors (Lipinski definition) is 1. The van der Waals surface area contributed by atoms with E-state index >= 15 is 0 Å². The monoisotopic (exact) mass is 351 g/mol. The van der Waals surface area contributed by atoms with Crippen LogP contribution < -0.4 is 0 Å². The predicted octanol–water partition coefficient (Wildman–Crippen LogP) is 3.47. The Bertz CT molecular complexity index is 299. The molecule has 0 unspecified atom stereocenters. The van der Waals surface area contributed by atoms with E-state index in [0.29, 0.717) is 3.57 Å².